The summed E-state index contributed by atoms with van der Waals surface area (Å²) in [7, 11) is 0. The first-order chi connectivity index (χ1) is 5.07. The number of hydrogen-bond donors (Lipinski definition) is 1. The Morgan fingerprint density at radius 3 is 2.64 bits per heavy atom. The smallest absolute Gasteiger partial charge is 0.244 e. The van der Waals surface area contributed by atoms with E-state index in [1.165, 1.54) is 12.2 Å². The van der Waals surface area contributed by atoms with Crippen molar-refractivity contribution in [1.82, 2.24) is 0 Å². The minimum Gasteiger partial charge on any atom is -0.366 e. The lowest BCUT2D eigenvalue weighted by atomic mass is 10.2. The van der Waals surface area contributed by atoms with Crippen LogP contribution in [0, 0.1) is 0 Å². The lowest BCUT2D eigenvalue weighted by Crippen LogP contribution is -2.13. The van der Waals surface area contributed by atoms with Crippen LogP contribution in [0.4, 0.5) is 0 Å². The summed E-state index contributed by atoms with van der Waals surface area (Å²) in [6.45, 7) is 3.23. The standard InChI is InChI=1S/C7H10N2O2/c1-5(7(8)11)3-6(2)9-4-10/h3,6H,1-2H3,(H2,8,11). The molecule has 4 nitrogen and oxygen atoms in total. The molecule has 0 spiro atoms. The van der Waals surface area contributed by atoms with Crippen LogP contribution in [0.2, 0.25) is 0 Å². The number of isocyanates is 1. The molecule has 1 atom stereocenters. The number of rotatable bonds is 3. The van der Waals surface area contributed by atoms with E-state index >= 15 is 0 Å². The molecule has 0 aromatic rings. The molecule has 0 radical (unpaired) electrons. The third-order valence-corrected chi connectivity index (χ3v) is 1.14. The molecule has 0 aromatic heterocycles. The van der Waals surface area contributed by atoms with Gasteiger partial charge in [-0.2, -0.15) is 4.99 Å². The highest BCUT2D eigenvalue weighted by Crippen LogP contribution is 1.97. The first-order valence-corrected chi connectivity index (χ1v) is 3.13. The number of nitrogens with zero attached hydrogens (tertiary/aromatic N) is 1. The third kappa shape index (κ3) is 4.06. The quantitative estimate of drug-likeness (QED) is 0.357. The van der Waals surface area contributed by atoms with Gasteiger partial charge in [-0.15, -0.1) is 0 Å². The van der Waals surface area contributed by atoms with Crippen molar-refractivity contribution in [2.45, 2.75) is 19.9 Å². The van der Waals surface area contributed by atoms with E-state index in [-0.39, 0.29) is 6.04 Å². The second-order valence-corrected chi connectivity index (χ2v) is 2.17. The molecule has 11 heavy (non-hydrogen) atoms. The number of carbonyl (C=O) groups is 1. The third-order valence-electron chi connectivity index (χ3n) is 1.14. The molecule has 1 unspecified atom stereocenters. The molecule has 1 amide bonds. The van der Waals surface area contributed by atoms with Gasteiger partial charge in [-0.1, -0.05) is 6.08 Å². The lowest BCUT2D eigenvalue weighted by Gasteiger charge is -1.96. The maximum absolute atomic E-state index is 10.5. The van der Waals surface area contributed by atoms with Gasteiger partial charge in [0.25, 0.3) is 0 Å². The molecule has 0 aliphatic rings. The van der Waals surface area contributed by atoms with Crippen LogP contribution < -0.4 is 5.73 Å². The van der Waals surface area contributed by atoms with Crippen molar-refractivity contribution in [3.8, 4) is 0 Å². The van der Waals surface area contributed by atoms with Crippen LogP contribution in [0.15, 0.2) is 16.6 Å². The fourth-order valence-corrected chi connectivity index (χ4v) is 0.564. The van der Waals surface area contributed by atoms with Crippen molar-refractivity contribution >= 4 is 12.0 Å². The second-order valence-electron chi connectivity index (χ2n) is 2.17. The van der Waals surface area contributed by atoms with Crippen molar-refractivity contribution in [2.24, 2.45) is 10.7 Å². The summed E-state index contributed by atoms with van der Waals surface area (Å²) in [4.78, 5) is 23.5. The number of primary amides is 1. The number of carbonyl (C=O) groups excluding carboxylic acids is 2. The van der Waals surface area contributed by atoms with Gasteiger partial charge in [0.2, 0.25) is 12.0 Å². The summed E-state index contributed by atoms with van der Waals surface area (Å²) in [6, 6.07) is -0.333. The molecule has 0 aliphatic carbocycles. The average Bonchev–Trinajstić information content (AvgIpc) is 1.87. The SMILES string of the molecule is CC(=CC(C)N=C=O)C(N)=O. The molecule has 0 saturated carbocycles. The Bertz CT molecular complexity index is 227. The summed E-state index contributed by atoms with van der Waals surface area (Å²) < 4.78 is 0. The maximum atomic E-state index is 10.5. The molecule has 0 rings (SSSR count). The van der Waals surface area contributed by atoms with Gasteiger partial charge >= 0.3 is 0 Å². The van der Waals surface area contributed by atoms with Crippen LogP contribution >= 0.6 is 0 Å². The molecule has 2 N–H and O–H groups in total. The molecule has 0 aromatic carbocycles. The highest BCUT2D eigenvalue weighted by atomic mass is 16.1. The van der Waals surface area contributed by atoms with Gasteiger partial charge < -0.3 is 5.73 Å². The molecule has 0 saturated heterocycles. The normalized spacial score (nSPS) is 13.5. The van der Waals surface area contributed by atoms with Gasteiger partial charge in [-0.3, -0.25) is 4.79 Å². The van der Waals surface area contributed by atoms with E-state index in [9.17, 15) is 9.59 Å². The monoisotopic (exact) mass is 154 g/mol. The largest absolute Gasteiger partial charge is 0.366 e. The van der Waals surface area contributed by atoms with Crippen LogP contribution in [0.1, 0.15) is 13.8 Å². The number of aliphatic imine (C=N–C) groups is 1. The maximum Gasteiger partial charge on any atom is 0.244 e. The van der Waals surface area contributed by atoms with E-state index in [1.807, 2.05) is 0 Å². The van der Waals surface area contributed by atoms with E-state index < -0.39 is 5.91 Å². The summed E-state index contributed by atoms with van der Waals surface area (Å²) in [6.07, 6.45) is 2.90. The summed E-state index contributed by atoms with van der Waals surface area (Å²) in [5.74, 6) is -0.502. The molecule has 60 valence electrons. The van der Waals surface area contributed by atoms with Crippen LogP contribution in [0.25, 0.3) is 0 Å². The molecule has 0 bridgehead atoms. The lowest BCUT2D eigenvalue weighted by molar-refractivity contribution is -0.114. The molecule has 0 aliphatic heterocycles. The van der Waals surface area contributed by atoms with E-state index in [1.54, 1.807) is 13.8 Å². The zero-order valence-electron chi connectivity index (χ0n) is 6.50. The molecular formula is C7H10N2O2. The minimum absolute atomic E-state index is 0.333. The van der Waals surface area contributed by atoms with Gasteiger partial charge in [0.05, 0.1) is 6.04 Å². The van der Waals surface area contributed by atoms with Crippen LogP contribution in [0.3, 0.4) is 0 Å². The summed E-state index contributed by atoms with van der Waals surface area (Å²) in [5, 5.41) is 0. The Labute approximate surface area is 64.8 Å². The predicted molar refractivity (Wildman–Crippen MR) is 40.5 cm³/mol. The van der Waals surface area contributed by atoms with Gasteiger partial charge in [0, 0.05) is 5.57 Å². The molecule has 4 heteroatoms. The van der Waals surface area contributed by atoms with Gasteiger partial charge in [0.15, 0.2) is 0 Å². The Morgan fingerprint density at radius 2 is 2.27 bits per heavy atom. The number of hydrogen-bond acceptors (Lipinski definition) is 3. The first-order valence-electron chi connectivity index (χ1n) is 3.13. The van der Waals surface area contributed by atoms with E-state index in [0.717, 1.165) is 0 Å². The zero-order valence-corrected chi connectivity index (χ0v) is 6.50. The van der Waals surface area contributed by atoms with Gasteiger partial charge in [-0.05, 0) is 13.8 Å². The highest BCUT2D eigenvalue weighted by molar-refractivity contribution is 5.91. The van der Waals surface area contributed by atoms with Crippen molar-refractivity contribution in [2.75, 3.05) is 0 Å². The van der Waals surface area contributed by atoms with Crippen molar-refractivity contribution in [3.63, 3.8) is 0 Å². The van der Waals surface area contributed by atoms with E-state index in [0.29, 0.717) is 5.57 Å². The van der Waals surface area contributed by atoms with Crippen LogP contribution in [-0.4, -0.2) is 18.0 Å². The van der Waals surface area contributed by atoms with Crippen molar-refractivity contribution in [3.05, 3.63) is 11.6 Å². The Kier molecular flexibility index (Phi) is 3.85. The number of nitrogens with two attached hydrogens (primary N) is 1. The van der Waals surface area contributed by atoms with Crippen molar-refractivity contribution < 1.29 is 9.59 Å². The molecule has 0 fully saturated rings. The number of amides is 1. The summed E-state index contributed by atoms with van der Waals surface area (Å²) >= 11 is 0. The predicted octanol–water partition coefficient (Wildman–Crippen LogP) is 0.142. The second kappa shape index (κ2) is 4.41. The van der Waals surface area contributed by atoms with Crippen molar-refractivity contribution in [1.29, 1.82) is 0 Å². The summed E-state index contributed by atoms with van der Waals surface area (Å²) in [5.41, 5.74) is 5.33. The molecular weight excluding hydrogens is 144 g/mol. The Morgan fingerprint density at radius 1 is 1.73 bits per heavy atom. The van der Waals surface area contributed by atoms with Crippen LogP contribution in [-0.2, 0) is 9.59 Å². The topological polar surface area (TPSA) is 72.5 Å². The fourth-order valence-electron chi connectivity index (χ4n) is 0.564. The Hall–Kier alpha value is -1.41. The van der Waals surface area contributed by atoms with E-state index in [4.69, 9.17) is 5.73 Å². The van der Waals surface area contributed by atoms with Crippen LogP contribution in [0.5, 0.6) is 0 Å². The minimum atomic E-state index is -0.502. The fraction of sp³-hybridized carbons (Fsp3) is 0.429. The zero-order chi connectivity index (χ0) is 8.85. The van der Waals surface area contributed by atoms with Gasteiger partial charge in [0.1, 0.15) is 0 Å². The molecule has 0 heterocycles. The Balaban J connectivity index is 4.29. The van der Waals surface area contributed by atoms with E-state index in [2.05, 4.69) is 4.99 Å². The average molecular weight is 154 g/mol. The first kappa shape index (κ1) is 9.59. The highest BCUT2D eigenvalue weighted by Gasteiger charge is 1.99. The van der Waals surface area contributed by atoms with Gasteiger partial charge in [-0.25, -0.2) is 4.79 Å².